The molecule has 2 aromatic carbocycles. The number of sulfonamides is 1. The molecule has 8 heteroatoms. The smallest absolute Gasteiger partial charge is 0.240 e. The van der Waals surface area contributed by atoms with Gasteiger partial charge in [-0.05, 0) is 61.9 Å². The lowest BCUT2D eigenvalue weighted by Crippen LogP contribution is -2.38. The Morgan fingerprint density at radius 1 is 1.11 bits per heavy atom. The maximum absolute atomic E-state index is 13.3. The van der Waals surface area contributed by atoms with E-state index in [2.05, 4.69) is 28.0 Å². The fraction of sp³-hybridized carbons (Fsp3) is 0.400. The zero-order chi connectivity index (χ0) is 20.1. The first-order chi connectivity index (χ1) is 13.4. The third kappa shape index (κ3) is 5.53. The monoisotopic (exact) mass is 426 g/mol. The van der Waals surface area contributed by atoms with Crippen LogP contribution < -0.4 is 4.72 Å². The zero-order valence-corrected chi connectivity index (χ0v) is 17.3. The second kappa shape index (κ2) is 9.35. The van der Waals surface area contributed by atoms with E-state index in [4.69, 9.17) is 0 Å². The summed E-state index contributed by atoms with van der Waals surface area (Å²) in [5.41, 5.74) is 1.31. The minimum atomic E-state index is -3.92. The van der Waals surface area contributed by atoms with Crippen LogP contribution in [0.3, 0.4) is 0 Å². The summed E-state index contributed by atoms with van der Waals surface area (Å²) in [5.74, 6) is -1.60. The molecule has 3 rings (SSSR count). The van der Waals surface area contributed by atoms with E-state index in [0.29, 0.717) is 6.07 Å². The van der Waals surface area contributed by atoms with Gasteiger partial charge < -0.3 is 0 Å². The van der Waals surface area contributed by atoms with E-state index in [1.807, 2.05) is 12.1 Å². The number of nitrogens with one attached hydrogen (secondary N) is 1. The predicted octanol–water partition coefficient (Wildman–Crippen LogP) is 3.88. The van der Waals surface area contributed by atoms with E-state index in [0.717, 1.165) is 44.6 Å². The van der Waals surface area contributed by atoms with Crippen LogP contribution in [-0.2, 0) is 16.6 Å². The number of likely N-dealkylation sites (tertiary alicyclic amines) is 1. The molecule has 0 spiro atoms. The highest BCUT2D eigenvalue weighted by molar-refractivity contribution is 7.98. The molecular formula is C20H24F2N2O2S2. The average molecular weight is 427 g/mol. The molecule has 1 aliphatic rings. The normalized spacial score (nSPS) is 16.4. The van der Waals surface area contributed by atoms with Gasteiger partial charge in [-0.15, -0.1) is 11.8 Å². The predicted molar refractivity (Wildman–Crippen MR) is 108 cm³/mol. The van der Waals surface area contributed by atoms with Gasteiger partial charge in [0.15, 0.2) is 0 Å². The van der Waals surface area contributed by atoms with Crippen molar-refractivity contribution in [2.75, 3.05) is 25.9 Å². The van der Waals surface area contributed by atoms with E-state index in [1.165, 1.54) is 10.5 Å². The van der Waals surface area contributed by atoms with Gasteiger partial charge in [0.05, 0.1) is 4.90 Å². The van der Waals surface area contributed by atoms with Gasteiger partial charge in [0.25, 0.3) is 0 Å². The van der Waals surface area contributed by atoms with Crippen LogP contribution in [0, 0.1) is 17.6 Å². The van der Waals surface area contributed by atoms with Gasteiger partial charge in [-0.3, -0.25) is 4.90 Å². The quantitative estimate of drug-likeness (QED) is 0.683. The van der Waals surface area contributed by atoms with Crippen molar-refractivity contribution in [1.29, 1.82) is 0 Å². The first-order valence-electron chi connectivity index (χ1n) is 9.17. The summed E-state index contributed by atoms with van der Waals surface area (Å²) < 4.78 is 53.7. The van der Waals surface area contributed by atoms with Crippen LogP contribution >= 0.6 is 11.8 Å². The highest BCUT2D eigenvalue weighted by Crippen LogP contribution is 2.24. The van der Waals surface area contributed by atoms with E-state index in [9.17, 15) is 17.2 Å². The Morgan fingerprint density at radius 3 is 2.39 bits per heavy atom. The molecule has 1 heterocycles. The third-order valence-electron chi connectivity index (χ3n) is 5.00. The molecule has 1 N–H and O–H groups in total. The number of benzene rings is 2. The maximum atomic E-state index is 13.3. The number of hydrogen-bond donors (Lipinski definition) is 1. The summed E-state index contributed by atoms with van der Waals surface area (Å²) >= 11 is 1.74. The minimum absolute atomic E-state index is 0.209. The molecule has 1 saturated heterocycles. The second-order valence-corrected chi connectivity index (χ2v) is 9.60. The summed E-state index contributed by atoms with van der Waals surface area (Å²) in [6, 6.07) is 10.7. The van der Waals surface area contributed by atoms with Crippen molar-refractivity contribution in [3.05, 3.63) is 59.7 Å². The van der Waals surface area contributed by atoms with Gasteiger partial charge in [-0.2, -0.15) is 0 Å². The molecule has 28 heavy (non-hydrogen) atoms. The summed E-state index contributed by atoms with van der Waals surface area (Å²) in [6.07, 6.45) is 3.82. The first-order valence-corrected chi connectivity index (χ1v) is 11.9. The van der Waals surface area contributed by atoms with Crippen LogP contribution in [0.1, 0.15) is 18.4 Å². The lowest BCUT2D eigenvalue weighted by molar-refractivity contribution is 0.177. The van der Waals surface area contributed by atoms with Gasteiger partial charge in [-0.1, -0.05) is 18.2 Å². The van der Waals surface area contributed by atoms with Crippen LogP contribution in [0.15, 0.2) is 52.3 Å². The van der Waals surface area contributed by atoms with Crippen molar-refractivity contribution in [2.45, 2.75) is 29.2 Å². The molecule has 0 saturated carbocycles. The maximum Gasteiger partial charge on any atom is 0.240 e. The Morgan fingerprint density at radius 2 is 1.75 bits per heavy atom. The van der Waals surface area contributed by atoms with Gasteiger partial charge in [0.2, 0.25) is 10.0 Å². The van der Waals surface area contributed by atoms with Crippen LogP contribution in [0.5, 0.6) is 0 Å². The standard InChI is InChI=1S/C20H24F2N2O2S2/c1-27-20-5-3-2-4-16(20)14-24-8-6-15(7-9-24)13-23-28(25,26)19-11-17(21)10-18(22)12-19/h2-5,10-12,15,23H,6-9,13-14H2,1H3. The fourth-order valence-electron chi connectivity index (χ4n) is 3.42. The van der Waals surface area contributed by atoms with E-state index in [1.54, 1.807) is 11.8 Å². The highest BCUT2D eigenvalue weighted by Gasteiger charge is 2.23. The minimum Gasteiger partial charge on any atom is -0.299 e. The summed E-state index contributed by atoms with van der Waals surface area (Å²) in [4.78, 5) is 3.28. The van der Waals surface area contributed by atoms with Crippen molar-refractivity contribution >= 4 is 21.8 Å². The van der Waals surface area contributed by atoms with Crippen molar-refractivity contribution < 1.29 is 17.2 Å². The van der Waals surface area contributed by atoms with Crippen LogP contribution in [-0.4, -0.2) is 39.2 Å². The van der Waals surface area contributed by atoms with Gasteiger partial charge in [0.1, 0.15) is 11.6 Å². The van der Waals surface area contributed by atoms with Gasteiger partial charge in [-0.25, -0.2) is 21.9 Å². The highest BCUT2D eigenvalue weighted by atomic mass is 32.2. The molecule has 2 aromatic rings. The fourth-order valence-corrected chi connectivity index (χ4v) is 5.18. The third-order valence-corrected chi connectivity index (χ3v) is 7.24. The molecule has 0 bridgehead atoms. The number of nitrogens with zero attached hydrogens (tertiary/aromatic N) is 1. The SMILES string of the molecule is CSc1ccccc1CN1CCC(CNS(=O)(=O)c2cc(F)cc(F)c2)CC1. The van der Waals surface area contributed by atoms with Crippen LogP contribution in [0.25, 0.3) is 0 Å². The van der Waals surface area contributed by atoms with E-state index < -0.39 is 21.7 Å². The molecule has 0 amide bonds. The lowest BCUT2D eigenvalue weighted by Gasteiger charge is -2.32. The molecule has 0 unspecified atom stereocenters. The van der Waals surface area contributed by atoms with E-state index >= 15 is 0 Å². The van der Waals surface area contributed by atoms with Gasteiger partial charge >= 0.3 is 0 Å². The molecule has 1 fully saturated rings. The van der Waals surface area contributed by atoms with Crippen LogP contribution in [0.2, 0.25) is 0 Å². The van der Waals surface area contributed by atoms with Gasteiger partial charge in [0, 0.05) is 24.1 Å². The molecule has 152 valence electrons. The summed E-state index contributed by atoms with van der Waals surface area (Å²) in [5, 5.41) is 0. The van der Waals surface area contributed by atoms with Crippen molar-refractivity contribution in [1.82, 2.24) is 9.62 Å². The molecule has 4 nitrogen and oxygen atoms in total. The Bertz CT molecular complexity index is 894. The average Bonchev–Trinajstić information content (AvgIpc) is 2.67. The van der Waals surface area contributed by atoms with E-state index in [-0.39, 0.29) is 17.4 Å². The molecule has 0 atom stereocenters. The largest absolute Gasteiger partial charge is 0.299 e. The Labute approximate surface area is 169 Å². The number of halogens is 2. The number of hydrogen-bond acceptors (Lipinski definition) is 4. The van der Waals surface area contributed by atoms with Crippen molar-refractivity contribution in [2.24, 2.45) is 5.92 Å². The second-order valence-electron chi connectivity index (χ2n) is 6.99. The number of piperidine rings is 1. The molecular weight excluding hydrogens is 402 g/mol. The number of thioether (sulfide) groups is 1. The topological polar surface area (TPSA) is 49.4 Å². The number of rotatable bonds is 7. The summed E-state index contributed by atoms with van der Waals surface area (Å²) in [6.45, 7) is 2.95. The molecule has 0 aromatic heterocycles. The Hall–Kier alpha value is -1.48. The van der Waals surface area contributed by atoms with Crippen molar-refractivity contribution in [3.8, 4) is 0 Å². The lowest BCUT2D eigenvalue weighted by atomic mass is 9.97. The first kappa shape index (κ1) is 21.2. The zero-order valence-electron chi connectivity index (χ0n) is 15.7. The molecule has 0 radical (unpaired) electrons. The summed E-state index contributed by atoms with van der Waals surface area (Å²) in [7, 11) is -3.92. The van der Waals surface area contributed by atoms with Crippen LogP contribution in [0.4, 0.5) is 8.78 Å². The van der Waals surface area contributed by atoms with Crippen molar-refractivity contribution in [3.63, 3.8) is 0 Å². The Balaban J connectivity index is 1.51. The molecule has 1 aliphatic heterocycles. The Kier molecular flexibility index (Phi) is 7.09. The molecule has 0 aliphatic carbocycles.